The Bertz CT molecular complexity index is 327. The molecule has 0 radical (unpaired) electrons. The molecule has 2 N–H and O–H groups in total. The zero-order chi connectivity index (χ0) is 9.47. The van der Waals surface area contributed by atoms with E-state index in [1.165, 1.54) is 0 Å². The molecule has 1 aliphatic heterocycles. The first kappa shape index (κ1) is 9.02. The lowest BCUT2D eigenvalue weighted by Gasteiger charge is -2.36. The molecule has 72 valence electrons. The second kappa shape index (κ2) is 2.99. The molecule has 0 aromatic heterocycles. The molecule has 1 aromatic carbocycles. The van der Waals surface area contributed by atoms with Crippen molar-refractivity contribution in [3.63, 3.8) is 0 Å². The van der Waals surface area contributed by atoms with Crippen LogP contribution < -0.4 is 0 Å². The number of nitrogens with zero attached hydrogens (tertiary/aromatic N) is 1. The lowest BCUT2D eigenvalue weighted by molar-refractivity contribution is 0.371. The van der Waals surface area contributed by atoms with Gasteiger partial charge in [-0.25, -0.2) is 0 Å². The fraction of sp³-hybridized carbons (Fsp3) is 0.333. The van der Waals surface area contributed by atoms with Crippen LogP contribution >= 0.6 is 10.8 Å². The predicted molar refractivity (Wildman–Crippen MR) is 53.6 cm³/mol. The minimum Gasteiger partial charge on any atom is -0.281 e. The topological polar surface area (TPSA) is 43.7 Å². The summed E-state index contributed by atoms with van der Waals surface area (Å²) in [4.78, 5) is 0.692. The molecule has 0 fully saturated rings. The molecule has 0 saturated carbocycles. The smallest absolute Gasteiger partial charge is 0.0798 e. The van der Waals surface area contributed by atoms with Crippen molar-refractivity contribution in [1.82, 2.24) is 4.31 Å². The van der Waals surface area contributed by atoms with E-state index in [1.807, 2.05) is 25.1 Å². The van der Waals surface area contributed by atoms with Crippen molar-refractivity contribution in [3.8, 4) is 0 Å². The number of fused-ring (bicyclic) bond motifs is 1. The fourth-order valence-electron chi connectivity index (χ4n) is 1.61. The van der Waals surface area contributed by atoms with Crippen LogP contribution in [0.15, 0.2) is 29.2 Å². The number of hydrogen-bond donors (Lipinski definition) is 2. The molecule has 0 bridgehead atoms. The second-order valence-corrected chi connectivity index (χ2v) is 5.08. The second-order valence-electron chi connectivity index (χ2n) is 3.08. The third kappa shape index (κ3) is 1.26. The van der Waals surface area contributed by atoms with Crippen molar-refractivity contribution in [2.75, 3.05) is 6.54 Å². The molecule has 0 aliphatic carbocycles. The summed E-state index contributed by atoms with van der Waals surface area (Å²) in [6.07, 6.45) is 0. The molecule has 0 spiro atoms. The van der Waals surface area contributed by atoms with E-state index in [0.717, 1.165) is 5.56 Å². The third-order valence-electron chi connectivity index (χ3n) is 2.33. The van der Waals surface area contributed by atoms with E-state index >= 15 is 0 Å². The Morgan fingerprint density at radius 1 is 1.38 bits per heavy atom. The quantitative estimate of drug-likeness (QED) is 0.730. The summed E-state index contributed by atoms with van der Waals surface area (Å²) < 4.78 is 21.4. The van der Waals surface area contributed by atoms with Gasteiger partial charge in [-0.05, 0) is 11.6 Å². The van der Waals surface area contributed by atoms with E-state index in [2.05, 4.69) is 0 Å². The highest BCUT2D eigenvalue weighted by Gasteiger charge is 2.32. The van der Waals surface area contributed by atoms with Gasteiger partial charge in [0.05, 0.1) is 4.90 Å². The van der Waals surface area contributed by atoms with Crippen LogP contribution in [0, 0.1) is 0 Å². The van der Waals surface area contributed by atoms with Gasteiger partial charge in [0.1, 0.15) is 0 Å². The van der Waals surface area contributed by atoms with Crippen LogP contribution in [0.5, 0.6) is 0 Å². The summed E-state index contributed by atoms with van der Waals surface area (Å²) in [6.45, 7) is 3.24. The SMILES string of the molecule is CCN1Cc2ccccc2S1(O)O. The average molecular weight is 199 g/mol. The Balaban J connectivity index is 2.47. The van der Waals surface area contributed by atoms with E-state index in [1.54, 1.807) is 10.4 Å². The van der Waals surface area contributed by atoms with E-state index in [-0.39, 0.29) is 0 Å². The van der Waals surface area contributed by atoms with Crippen molar-refractivity contribution in [3.05, 3.63) is 29.8 Å². The summed E-state index contributed by atoms with van der Waals surface area (Å²) in [7, 11) is -2.66. The van der Waals surface area contributed by atoms with Gasteiger partial charge < -0.3 is 0 Å². The molecule has 2 rings (SSSR count). The molecular weight excluding hydrogens is 186 g/mol. The summed E-state index contributed by atoms with van der Waals surface area (Å²) >= 11 is 0. The standard InChI is InChI=1S/C9H13NO2S/c1-2-10-7-8-5-3-4-6-9(8)13(10,11)12/h3-6,11-12H,2,7H2,1H3. The highest BCUT2D eigenvalue weighted by molar-refractivity contribution is 8.22. The maximum Gasteiger partial charge on any atom is 0.0798 e. The Morgan fingerprint density at radius 2 is 2.08 bits per heavy atom. The van der Waals surface area contributed by atoms with Crippen LogP contribution in [0.4, 0.5) is 0 Å². The maximum absolute atomic E-state index is 9.87. The van der Waals surface area contributed by atoms with Crippen LogP contribution in [-0.4, -0.2) is 20.0 Å². The predicted octanol–water partition coefficient (Wildman–Crippen LogP) is 2.55. The van der Waals surface area contributed by atoms with Crippen molar-refractivity contribution < 1.29 is 9.11 Å². The molecule has 4 heteroatoms. The van der Waals surface area contributed by atoms with Crippen molar-refractivity contribution in [2.24, 2.45) is 0 Å². The maximum atomic E-state index is 9.87. The Hall–Kier alpha value is -0.550. The normalized spacial score (nSPS) is 22.7. The van der Waals surface area contributed by atoms with Crippen LogP contribution in [0.25, 0.3) is 0 Å². The van der Waals surface area contributed by atoms with Crippen LogP contribution in [0.1, 0.15) is 12.5 Å². The molecule has 1 aromatic rings. The summed E-state index contributed by atoms with van der Waals surface area (Å²) in [5.41, 5.74) is 1.03. The lowest BCUT2D eigenvalue weighted by Crippen LogP contribution is -2.20. The number of rotatable bonds is 1. The number of benzene rings is 1. The first-order chi connectivity index (χ1) is 6.16. The van der Waals surface area contributed by atoms with Gasteiger partial charge in [0, 0.05) is 13.1 Å². The Labute approximate surface area is 79.5 Å². The number of hydrogen-bond acceptors (Lipinski definition) is 3. The first-order valence-electron chi connectivity index (χ1n) is 4.27. The van der Waals surface area contributed by atoms with Gasteiger partial charge >= 0.3 is 0 Å². The minimum atomic E-state index is -2.66. The Morgan fingerprint density at radius 3 is 2.69 bits per heavy atom. The highest BCUT2D eigenvalue weighted by atomic mass is 32.3. The molecular formula is C9H13NO2S. The third-order valence-corrected chi connectivity index (χ3v) is 4.42. The van der Waals surface area contributed by atoms with Crippen molar-refractivity contribution in [2.45, 2.75) is 18.4 Å². The van der Waals surface area contributed by atoms with Crippen molar-refractivity contribution >= 4 is 10.8 Å². The monoisotopic (exact) mass is 199 g/mol. The van der Waals surface area contributed by atoms with Gasteiger partial charge in [-0.3, -0.25) is 9.11 Å². The van der Waals surface area contributed by atoms with Gasteiger partial charge in [0.2, 0.25) is 0 Å². The van der Waals surface area contributed by atoms with Crippen LogP contribution in [0.3, 0.4) is 0 Å². The van der Waals surface area contributed by atoms with Gasteiger partial charge in [-0.1, -0.05) is 25.1 Å². The van der Waals surface area contributed by atoms with Gasteiger partial charge in [0.15, 0.2) is 0 Å². The summed E-state index contributed by atoms with van der Waals surface area (Å²) in [6, 6.07) is 7.50. The van der Waals surface area contributed by atoms with Crippen LogP contribution in [0.2, 0.25) is 0 Å². The molecule has 0 amide bonds. The molecule has 0 unspecified atom stereocenters. The lowest BCUT2D eigenvalue weighted by atomic mass is 10.2. The van der Waals surface area contributed by atoms with Gasteiger partial charge in [0.25, 0.3) is 0 Å². The van der Waals surface area contributed by atoms with E-state index < -0.39 is 10.8 Å². The van der Waals surface area contributed by atoms with Crippen molar-refractivity contribution in [1.29, 1.82) is 0 Å². The van der Waals surface area contributed by atoms with E-state index in [9.17, 15) is 9.11 Å². The molecule has 1 heterocycles. The summed E-state index contributed by atoms with van der Waals surface area (Å²) in [5.74, 6) is 0. The Kier molecular flexibility index (Phi) is 2.08. The minimum absolute atomic E-state index is 0.648. The van der Waals surface area contributed by atoms with Gasteiger partial charge in [-0.2, -0.15) is 4.31 Å². The fourth-order valence-corrected chi connectivity index (χ4v) is 3.32. The van der Waals surface area contributed by atoms with Crippen LogP contribution in [-0.2, 0) is 6.54 Å². The molecule has 3 nitrogen and oxygen atoms in total. The zero-order valence-electron chi connectivity index (χ0n) is 7.47. The van der Waals surface area contributed by atoms with Gasteiger partial charge in [-0.15, -0.1) is 10.8 Å². The first-order valence-corrected chi connectivity index (χ1v) is 5.78. The van der Waals surface area contributed by atoms with E-state index in [0.29, 0.717) is 18.0 Å². The molecule has 0 saturated heterocycles. The highest BCUT2D eigenvalue weighted by Crippen LogP contribution is 2.58. The average Bonchev–Trinajstić information content (AvgIpc) is 2.39. The van der Waals surface area contributed by atoms with E-state index in [4.69, 9.17) is 0 Å². The molecule has 13 heavy (non-hydrogen) atoms. The molecule has 1 aliphatic rings. The largest absolute Gasteiger partial charge is 0.281 e. The zero-order valence-corrected chi connectivity index (χ0v) is 8.29. The molecule has 0 atom stereocenters. The summed E-state index contributed by atoms with van der Waals surface area (Å²) in [5, 5.41) is 0.